The highest BCUT2D eigenvalue weighted by atomic mass is 16.6. The van der Waals surface area contributed by atoms with Gasteiger partial charge >= 0.3 is 12.1 Å². The number of carbonyl (C=O) groups is 2. The summed E-state index contributed by atoms with van der Waals surface area (Å²) in [5.41, 5.74) is -1.32. The molecule has 1 amide bonds. The van der Waals surface area contributed by atoms with Gasteiger partial charge in [-0.05, 0) is 52.4 Å². The monoisotopic (exact) mass is 330 g/mol. The molecule has 0 unspecified atom stereocenters. The molecule has 1 aliphatic rings. The molecule has 23 heavy (non-hydrogen) atoms. The van der Waals surface area contributed by atoms with Crippen LogP contribution in [0.2, 0.25) is 0 Å². The van der Waals surface area contributed by atoms with Gasteiger partial charge in [-0.3, -0.25) is 14.9 Å². The summed E-state index contributed by atoms with van der Waals surface area (Å²) in [6.45, 7) is 5.48. The fourth-order valence-electron chi connectivity index (χ4n) is 3.02. The van der Waals surface area contributed by atoms with Crippen LogP contribution in [0, 0.1) is 21.4 Å². The summed E-state index contributed by atoms with van der Waals surface area (Å²) in [7, 11) is 0. The molecule has 1 rings (SSSR count). The van der Waals surface area contributed by atoms with Crippen molar-refractivity contribution in [2.75, 3.05) is 13.1 Å². The Morgan fingerprint density at radius 2 is 1.91 bits per heavy atom. The molecular formula is C15H26N2O6. The molecule has 1 aliphatic carbocycles. The maximum atomic E-state index is 11.6. The van der Waals surface area contributed by atoms with E-state index in [2.05, 4.69) is 5.32 Å². The molecule has 0 saturated heterocycles. The molecule has 0 aliphatic heterocycles. The third-order valence-corrected chi connectivity index (χ3v) is 4.09. The number of carbonyl (C=O) groups excluding carboxylic acids is 1. The predicted molar refractivity (Wildman–Crippen MR) is 82.7 cm³/mol. The number of nitrogens with one attached hydrogen (secondary N) is 1. The number of hydrogen-bond donors (Lipinski definition) is 2. The molecule has 0 atom stereocenters. The average molecular weight is 330 g/mol. The van der Waals surface area contributed by atoms with E-state index in [4.69, 9.17) is 9.84 Å². The molecular weight excluding hydrogens is 304 g/mol. The normalized spacial score (nSPS) is 24.7. The number of hydrogen-bond acceptors (Lipinski definition) is 5. The summed E-state index contributed by atoms with van der Waals surface area (Å²) >= 11 is 0. The van der Waals surface area contributed by atoms with Crippen molar-refractivity contribution >= 4 is 12.1 Å². The third-order valence-electron chi connectivity index (χ3n) is 4.09. The smallest absolute Gasteiger partial charge is 0.407 e. The number of carboxylic acids is 1. The van der Waals surface area contributed by atoms with Gasteiger partial charge in [0.1, 0.15) is 5.60 Å². The van der Waals surface area contributed by atoms with E-state index in [0.29, 0.717) is 32.2 Å². The first-order chi connectivity index (χ1) is 10.5. The van der Waals surface area contributed by atoms with Gasteiger partial charge in [-0.15, -0.1) is 0 Å². The van der Waals surface area contributed by atoms with Crippen LogP contribution in [-0.4, -0.2) is 40.8 Å². The fraction of sp³-hybridized carbons (Fsp3) is 0.867. The van der Waals surface area contributed by atoms with E-state index in [9.17, 15) is 19.7 Å². The molecule has 1 fully saturated rings. The first kappa shape index (κ1) is 19.2. The first-order valence-electron chi connectivity index (χ1n) is 7.82. The number of nitro groups is 1. The zero-order valence-corrected chi connectivity index (χ0v) is 14.0. The van der Waals surface area contributed by atoms with Gasteiger partial charge in [0.25, 0.3) is 0 Å². The number of rotatable bonds is 6. The van der Waals surface area contributed by atoms with Crippen LogP contribution >= 0.6 is 0 Å². The van der Waals surface area contributed by atoms with E-state index < -0.39 is 28.0 Å². The van der Waals surface area contributed by atoms with Crippen LogP contribution in [0.25, 0.3) is 0 Å². The lowest BCUT2D eigenvalue weighted by molar-refractivity contribution is -0.499. The van der Waals surface area contributed by atoms with Gasteiger partial charge in [0.05, 0.1) is 6.42 Å². The van der Waals surface area contributed by atoms with Crippen LogP contribution in [0.4, 0.5) is 4.79 Å². The van der Waals surface area contributed by atoms with Crippen LogP contribution in [0.5, 0.6) is 0 Å². The number of ether oxygens (including phenoxy) is 1. The standard InChI is InChI=1S/C15H26N2O6/c1-14(2,3)23-13(20)16-9-11-4-6-15(7-5-11,8-12(18)19)10-17(21)22/h11H,4-10H2,1-3H3,(H,16,20)(H,18,19). The second kappa shape index (κ2) is 7.61. The molecule has 0 bridgehead atoms. The third kappa shape index (κ3) is 7.30. The Bertz CT molecular complexity index is 431. The molecule has 132 valence electrons. The van der Waals surface area contributed by atoms with Crippen molar-refractivity contribution in [2.45, 2.75) is 58.5 Å². The highest BCUT2D eigenvalue weighted by Gasteiger charge is 2.41. The Kier molecular flexibility index (Phi) is 6.35. The molecule has 2 N–H and O–H groups in total. The zero-order valence-electron chi connectivity index (χ0n) is 14.0. The highest BCUT2D eigenvalue weighted by molar-refractivity contribution is 5.68. The summed E-state index contributed by atoms with van der Waals surface area (Å²) in [5.74, 6) is -0.812. The molecule has 8 nitrogen and oxygen atoms in total. The van der Waals surface area contributed by atoms with Crippen LogP contribution in [0.15, 0.2) is 0 Å². The number of carboxylic acid groups (broad SMARTS) is 1. The van der Waals surface area contributed by atoms with Crippen LogP contribution in [0.3, 0.4) is 0 Å². The quantitative estimate of drug-likeness (QED) is 0.570. The van der Waals surface area contributed by atoms with Crippen LogP contribution < -0.4 is 5.32 Å². The van der Waals surface area contributed by atoms with Crippen molar-refractivity contribution in [1.82, 2.24) is 5.32 Å². The predicted octanol–water partition coefficient (Wildman–Crippen LogP) is 2.44. The number of alkyl carbamates (subject to hydrolysis) is 1. The van der Waals surface area contributed by atoms with Gasteiger partial charge in [-0.1, -0.05) is 0 Å². The summed E-state index contributed by atoms with van der Waals surface area (Å²) in [6.07, 6.45) is 1.64. The number of aliphatic carboxylic acids is 1. The SMILES string of the molecule is CC(C)(C)OC(=O)NCC1CCC(CC(=O)O)(C[N+](=O)[O-])CC1. The summed E-state index contributed by atoms with van der Waals surface area (Å²) in [4.78, 5) is 33.0. The molecule has 0 radical (unpaired) electrons. The van der Waals surface area contributed by atoms with Gasteiger partial charge in [-0.25, -0.2) is 4.79 Å². The molecule has 0 heterocycles. The Morgan fingerprint density at radius 1 is 1.35 bits per heavy atom. The van der Waals surface area contributed by atoms with E-state index in [0.717, 1.165) is 0 Å². The van der Waals surface area contributed by atoms with Crippen molar-refractivity contribution in [3.8, 4) is 0 Å². The Labute approximate surface area is 135 Å². The van der Waals surface area contributed by atoms with E-state index in [1.807, 2.05) is 0 Å². The lowest BCUT2D eigenvalue weighted by atomic mass is 9.68. The van der Waals surface area contributed by atoms with Gasteiger partial charge < -0.3 is 15.2 Å². The minimum absolute atomic E-state index is 0.180. The number of amides is 1. The minimum Gasteiger partial charge on any atom is -0.481 e. The maximum absolute atomic E-state index is 11.6. The summed E-state index contributed by atoms with van der Waals surface area (Å²) in [5, 5.41) is 22.5. The highest BCUT2D eigenvalue weighted by Crippen LogP contribution is 2.41. The minimum atomic E-state index is -1.00. The summed E-state index contributed by atoms with van der Waals surface area (Å²) < 4.78 is 5.16. The van der Waals surface area contributed by atoms with E-state index in [1.54, 1.807) is 20.8 Å². The maximum Gasteiger partial charge on any atom is 0.407 e. The van der Waals surface area contributed by atoms with Crippen molar-refractivity contribution in [1.29, 1.82) is 0 Å². The Hall–Kier alpha value is -1.86. The largest absolute Gasteiger partial charge is 0.481 e. The van der Waals surface area contributed by atoms with Gasteiger partial charge in [0, 0.05) is 16.9 Å². The van der Waals surface area contributed by atoms with E-state index >= 15 is 0 Å². The average Bonchev–Trinajstić information content (AvgIpc) is 2.34. The molecule has 0 aromatic heterocycles. The fourth-order valence-corrected chi connectivity index (χ4v) is 3.02. The van der Waals surface area contributed by atoms with E-state index in [1.165, 1.54) is 0 Å². The summed E-state index contributed by atoms with van der Waals surface area (Å²) in [6, 6.07) is 0. The molecule has 0 spiro atoms. The van der Waals surface area contributed by atoms with Crippen molar-refractivity contribution in [3.05, 3.63) is 10.1 Å². The number of nitrogens with zero attached hydrogens (tertiary/aromatic N) is 1. The van der Waals surface area contributed by atoms with Crippen molar-refractivity contribution < 1.29 is 24.4 Å². The second-order valence-corrected chi connectivity index (χ2v) is 7.39. The second-order valence-electron chi connectivity index (χ2n) is 7.39. The van der Waals surface area contributed by atoms with Crippen LogP contribution in [0.1, 0.15) is 52.9 Å². The lowest BCUT2D eigenvalue weighted by Gasteiger charge is -2.36. The zero-order chi connectivity index (χ0) is 17.7. The molecule has 0 aromatic carbocycles. The first-order valence-corrected chi connectivity index (χ1v) is 7.82. The molecule has 8 heteroatoms. The Morgan fingerprint density at radius 3 is 2.35 bits per heavy atom. The van der Waals surface area contributed by atoms with Gasteiger partial charge in [0.2, 0.25) is 6.54 Å². The van der Waals surface area contributed by atoms with Crippen LogP contribution in [-0.2, 0) is 9.53 Å². The Balaban J connectivity index is 2.47. The van der Waals surface area contributed by atoms with E-state index in [-0.39, 0.29) is 18.9 Å². The van der Waals surface area contributed by atoms with Crippen molar-refractivity contribution in [2.24, 2.45) is 11.3 Å². The molecule has 1 saturated carbocycles. The van der Waals surface area contributed by atoms with Gasteiger partial charge in [0.15, 0.2) is 0 Å². The molecule has 0 aromatic rings. The topological polar surface area (TPSA) is 119 Å². The van der Waals surface area contributed by atoms with Gasteiger partial charge in [-0.2, -0.15) is 0 Å². The lowest BCUT2D eigenvalue weighted by Crippen LogP contribution is -2.40. The van der Waals surface area contributed by atoms with Crippen molar-refractivity contribution in [3.63, 3.8) is 0 Å².